The molecule has 0 spiro atoms. The fourth-order valence-corrected chi connectivity index (χ4v) is 1.20. The van der Waals surface area contributed by atoms with E-state index in [1.807, 2.05) is 6.07 Å². The van der Waals surface area contributed by atoms with Crippen molar-refractivity contribution in [1.82, 2.24) is 0 Å². The molecule has 1 unspecified atom stereocenters. The van der Waals surface area contributed by atoms with E-state index in [4.69, 9.17) is 0 Å². The number of esters is 1. The van der Waals surface area contributed by atoms with Gasteiger partial charge in [-0.15, -0.1) is 0 Å². The molecule has 0 heterocycles. The first-order valence-corrected chi connectivity index (χ1v) is 4.50. The molecule has 0 aromatic heterocycles. The van der Waals surface area contributed by atoms with Crippen molar-refractivity contribution in [1.29, 1.82) is 0 Å². The van der Waals surface area contributed by atoms with Crippen LogP contribution in [0, 0.1) is 0 Å². The topological polar surface area (TPSA) is 43.4 Å². The molecule has 0 aliphatic carbocycles. The Morgan fingerprint density at radius 3 is 2.40 bits per heavy atom. The molecule has 4 heteroatoms. The summed E-state index contributed by atoms with van der Waals surface area (Å²) in [4.78, 5) is 21.1. The molecule has 0 amide bonds. The predicted molar refractivity (Wildman–Crippen MR) is 51.8 cm³/mol. The summed E-state index contributed by atoms with van der Waals surface area (Å²) in [5.41, 5.74) is 0.745. The first kappa shape index (κ1) is 11.4. The lowest BCUT2D eigenvalue weighted by Crippen LogP contribution is -2.25. The van der Waals surface area contributed by atoms with Crippen LogP contribution in [0.1, 0.15) is 12.5 Å². The highest BCUT2D eigenvalue weighted by Crippen LogP contribution is 2.07. The van der Waals surface area contributed by atoms with Gasteiger partial charge in [0.25, 0.3) is 0 Å². The van der Waals surface area contributed by atoms with E-state index in [9.17, 15) is 14.0 Å². The van der Waals surface area contributed by atoms with E-state index in [2.05, 4.69) is 4.74 Å². The zero-order valence-corrected chi connectivity index (χ0v) is 8.27. The van der Waals surface area contributed by atoms with E-state index in [-0.39, 0.29) is 6.42 Å². The van der Waals surface area contributed by atoms with Gasteiger partial charge >= 0.3 is 12.0 Å². The molecule has 0 saturated carbocycles. The lowest BCUT2D eigenvalue weighted by Gasteiger charge is -2.11. The molecule has 1 aromatic carbocycles. The highest BCUT2D eigenvalue weighted by molar-refractivity contribution is 5.77. The Bertz CT molecular complexity index is 348. The number of rotatable bonds is 4. The molecule has 0 bridgehead atoms. The van der Waals surface area contributed by atoms with Crippen LogP contribution in [-0.4, -0.2) is 18.1 Å². The van der Waals surface area contributed by atoms with Gasteiger partial charge in [0.1, 0.15) is 0 Å². The molecule has 1 atom stereocenters. The quantitative estimate of drug-likeness (QED) is 0.560. The second-order valence-corrected chi connectivity index (χ2v) is 3.09. The van der Waals surface area contributed by atoms with Gasteiger partial charge in [0.05, 0.1) is 0 Å². The van der Waals surface area contributed by atoms with E-state index >= 15 is 0 Å². The third kappa shape index (κ3) is 3.89. The van der Waals surface area contributed by atoms with Crippen LogP contribution in [0.15, 0.2) is 30.3 Å². The Morgan fingerprint density at radius 2 is 1.93 bits per heavy atom. The molecule has 0 aliphatic heterocycles. The molecule has 80 valence electrons. The van der Waals surface area contributed by atoms with Gasteiger partial charge < -0.3 is 4.74 Å². The SMILES string of the molecule is CC(=O)OC(Cc1ccccc1)C(=O)F. The highest BCUT2D eigenvalue weighted by atomic mass is 19.1. The summed E-state index contributed by atoms with van der Waals surface area (Å²) < 4.78 is 17.0. The molecule has 0 aliphatic rings. The van der Waals surface area contributed by atoms with Crippen molar-refractivity contribution in [3.05, 3.63) is 35.9 Å². The maximum atomic E-state index is 12.5. The minimum Gasteiger partial charge on any atom is -0.451 e. The maximum Gasteiger partial charge on any atom is 0.342 e. The van der Waals surface area contributed by atoms with Crippen LogP contribution in [0.4, 0.5) is 4.39 Å². The standard InChI is InChI=1S/C11H11FO3/c1-8(13)15-10(11(12)14)7-9-5-3-2-4-6-9/h2-6,10H,7H2,1H3. The number of benzene rings is 1. The van der Waals surface area contributed by atoms with Gasteiger partial charge in [-0.05, 0) is 5.56 Å². The second kappa shape index (κ2) is 5.24. The molecular formula is C11H11FO3. The Labute approximate surface area is 86.9 Å². The third-order valence-electron chi connectivity index (χ3n) is 1.83. The summed E-state index contributed by atoms with van der Waals surface area (Å²) in [6, 6.07) is 7.18. The molecule has 3 nitrogen and oxygen atoms in total. The van der Waals surface area contributed by atoms with Crippen molar-refractivity contribution in [3.8, 4) is 0 Å². The van der Waals surface area contributed by atoms with Gasteiger partial charge in [0.2, 0.25) is 0 Å². The zero-order chi connectivity index (χ0) is 11.3. The fraction of sp³-hybridized carbons (Fsp3) is 0.273. The molecule has 0 fully saturated rings. The van der Waals surface area contributed by atoms with E-state index < -0.39 is 18.1 Å². The average molecular weight is 210 g/mol. The minimum atomic E-state index is -1.63. The van der Waals surface area contributed by atoms with Crippen LogP contribution in [-0.2, 0) is 20.7 Å². The van der Waals surface area contributed by atoms with Gasteiger partial charge in [-0.1, -0.05) is 30.3 Å². The molecule has 0 N–H and O–H groups in total. The molecule has 0 saturated heterocycles. The second-order valence-electron chi connectivity index (χ2n) is 3.09. The van der Waals surface area contributed by atoms with Crippen molar-refractivity contribution in [2.75, 3.05) is 0 Å². The summed E-state index contributed by atoms with van der Waals surface area (Å²) in [6.45, 7) is 1.14. The predicted octanol–water partition coefficient (Wildman–Crippen LogP) is 1.66. The average Bonchev–Trinajstić information content (AvgIpc) is 2.17. The molecule has 0 radical (unpaired) electrons. The lowest BCUT2D eigenvalue weighted by molar-refractivity contribution is -0.157. The van der Waals surface area contributed by atoms with E-state index in [1.165, 1.54) is 0 Å². The number of hydrogen-bond donors (Lipinski definition) is 0. The van der Waals surface area contributed by atoms with Crippen molar-refractivity contribution in [2.24, 2.45) is 0 Å². The number of carbonyl (C=O) groups excluding carboxylic acids is 2. The summed E-state index contributed by atoms with van der Waals surface area (Å²) in [6.07, 6.45) is -1.26. The minimum absolute atomic E-state index is 0.0652. The summed E-state index contributed by atoms with van der Waals surface area (Å²) in [5, 5.41) is 0. The fourth-order valence-electron chi connectivity index (χ4n) is 1.20. The Hall–Kier alpha value is -1.71. The van der Waals surface area contributed by atoms with Crippen molar-refractivity contribution in [2.45, 2.75) is 19.4 Å². The van der Waals surface area contributed by atoms with Crippen LogP contribution < -0.4 is 0 Å². The van der Waals surface area contributed by atoms with E-state index in [0.717, 1.165) is 12.5 Å². The van der Waals surface area contributed by atoms with E-state index in [1.54, 1.807) is 24.3 Å². The normalized spacial score (nSPS) is 11.9. The highest BCUT2D eigenvalue weighted by Gasteiger charge is 2.21. The number of ether oxygens (including phenoxy) is 1. The van der Waals surface area contributed by atoms with Gasteiger partial charge in [-0.3, -0.25) is 9.59 Å². The maximum absolute atomic E-state index is 12.5. The van der Waals surface area contributed by atoms with Crippen LogP contribution in [0.5, 0.6) is 0 Å². The van der Waals surface area contributed by atoms with Crippen molar-refractivity contribution < 1.29 is 18.7 Å². The van der Waals surface area contributed by atoms with Gasteiger partial charge in [0.15, 0.2) is 6.10 Å². The van der Waals surface area contributed by atoms with Crippen LogP contribution >= 0.6 is 0 Å². The smallest absolute Gasteiger partial charge is 0.342 e. The first-order valence-electron chi connectivity index (χ1n) is 4.50. The Balaban J connectivity index is 2.67. The van der Waals surface area contributed by atoms with Gasteiger partial charge in [-0.25, -0.2) is 0 Å². The summed E-state index contributed by atoms with van der Waals surface area (Å²) in [7, 11) is 0. The lowest BCUT2D eigenvalue weighted by atomic mass is 10.1. The van der Waals surface area contributed by atoms with Crippen LogP contribution in [0.25, 0.3) is 0 Å². The largest absolute Gasteiger partial charge is 0.451 e. The molecule has 1 rings (SSSR count). The summed E-state index contributed by atoms with van der Waals surface area (Å²) >= 11 is 0. The van der Waals surface area contributed by atoms with Crippen LogP contribution in [0.3, 0.4) is 0 Å². The van der Waals surface area contributed by atoms with Gasteiger partial charge in [0, 0.05) is 13.3 Å². The molecule has 15 heavy (non-hydrogen) atoms. The molecule has 1 aromatic rings. The molecular weight excluding hydrogens is 199 g/mol. The van der Waals surface area contributed by atoms with Crippen molar-refractivity contribution >= 4 is 12.0 Å². The Kier molecular flexibility index (Phi) is 3.97. The van der Waals surface area contributed by atoms with Crippen LogP contribution in [0.2, 0.25) is 0 Å². The number of carbonyl (C=O) groups is 2. The van der Waals surface area contributed by atoms with E-state index in [0.29, 0.717) is 0 Å². The first-order chi connectivity index (χ1) is 7.09. The Morgan fingerprint density at radius 1 is 1.33 bits per heavy atom. The van der Waals surface area contributed by atoms with Gasteiger partial charge in [-0.2, -0.15) is 4.39 Å². The van der Waals surface area contributed by atoms with Crippen molar-refractivity contribution in [3.63, 3.8) is 0 Å². The zero-order valence-electron chi connectivity index (χ0n) is 8.27. The third-order valence-corrected chi connectivity index (χ3v) is 1.83. The number of halogens is 1. The number of hydrogen-bond acceptors (Lipinski definition) is 3. The monoisotopic (exact) mass is 210 g/mol. The summed E-state index contributed by atoms with van der Waals surface area (Å²) in [5.74, 6) is -0.665.